The van der Waals surface area contributed by atoms with Gasteiger partial charge in [0, 0.05) is 46.3 Å². The second-order valence-electron chi connectivity index (χ2n) is 4.94. The molecule has 0 bridgehead atoms. The maximum atomic E-state index is 12.6. The predicted octanol–water partition coefficient (Wildman–Crippen LogP) is 0.424. The Hall–Kier alpha value is -1.46. The van der Waals surface area contributed by atoms with Gasteiger partial charge in [-0.25, -0.2) is 9.97 Å². The molecule has 0 aromatic carbocycles. The highest BCUT2D eigenvalue weighted by Gasteiger charge is 2.34. The minimum Gasteiger partial charge on any atom is -0.354 e. The zero-order valence-electron chi connectivity index (χ0n) is 12.1. The van der Waals surface area contributed by atoms with E-state index in [1.807, 2.05) is 0 Å². The van der Waals surface area contributed by atoms with Crippen LogP contribution < -0.4 is 4.90 Å². The van der Waals surface area contributed by atoms with Gasteiger partial charge in [-0.15, -0.1) is 0 Å². The predicted molar refractivity (Wildman–Crippen MR) is 73.4 cm³/mol. The number of alkyl halides is 3. The molecule has 11 heteroatoms. The molecule has 1 aliphatic heterocycles. The summed E-state index contributed by atoms with van der Waals surface area (Å²) in [6.07, 6.45) is -3.67. The summed E-state index contributed by atoms with van der Waals surface area (Å²) in [5.74, 6) is 0.143. The molecule has 1 saturated heterocycles. The third kappa shape index (κ3) is 3.47. The molecule has 124 valence electrons. The van der Waals surface area contributed by atoms with E-state index in [9.17, 15) is 21.6 Å². The first-order valence-corrected chi connectivity index (χ1v) is 7.84. The van der Waals surface area contributed by atoms with E-state index < -0.39 is 22.1 Å². The summed E-state index contributed by atoms with van der Waals surface area (Å²) in [4.78, 5) is 8.65. The number of nitrogens with zero attached hydrogens (tertiary/aromatic N) is 5. The van der Waals surface area contributed by atoms with Gasteiger partial charge in [0.2, 0.25) is 0 Å². The molecule has 1 fully saturated rings. The second kappa shape index (κ2) is 5.97. The van der Waals surface area contributed by atoms with Crippen LogP contribution in [0.25, 0.3) is 0 Å². The SMILES string of the molecule is CN(C)S(=O)(=O)N1CCN(c2cc(C(F)(F)F)ncn2)CC1. The van der Waals surface area contributed by atoms with Crippen molar-refractivity contribution in [2.75, 3.05) is 45.2 Å². The van der Waals surface area contributed by atoms with Crippen molar-refractivity contribution in [2.45, 2.75) is 6.18 Å². The molecule has 0 spiro atoms. The fourth-order valence-corrected chi connectivity index (χ4v) is 3.14. The largest absolute Gasteiger partial charge is 0.433 e. The highest BCUT2D eigenvalue weighted by atomic mass is 32.2. The Labute approximate surface area is 126 Å². The highest BCUT2D eigenvalue weighted by molar-refractivity contribution is 7.86. The quantitative estimate of drug-likeness (QED) is 0.798. The number of hydrogen-bond donors (Lipinski definition) is 0. The van der Waals surface area contributed by atoms with E-state index in [-0.39, 0.29) is 32.0 Å². The van der Waals surface area contributed by atoms with Gasteiger partial charge in [0.1, 0.15) is 17.8 Å². The molecule has 1 aliphatic rings. The summed E-state index contributed by atoms with van der Waals surface area (Å²) >= 11 is 0. The van der Waals surface area contributed by atoms with Gasteiger partial charge >= 0.3 is 6.18 Å². The highest BCUT2D eigenvalue weighted by Crippen LogP contribution is 2.29. The van der Waals surface area contributed by atoms with Gasteiger partial charge in [-0.2, -0.15) is 30.2 Å². The summed E-state index contributed by atoms with van der Waals surface area (Å²) in [5, 5.41) is 0. The smallest absolute Gasteiger partial charge is 0.354 e. The first-order chi connectivity index (χ1) is 10.1. The molecule has 0 unspecified atom stereocenters. The lowest BCUT2D eigenvalue weighted by Gasteiger charge is -2.35. The summed E-state index contributed by atoms with van der Waals surface area (Å²) in [7, 11) is -0.645. The molecule has 0 radical (unpaired) electrons. The Morgan fingerprint density at radius 2 is 1.73 bits per heavy atom. The number of halogens is 3. The van der Waals surface area contributed by atoms with Crippen LogP contribution in [0.15, 0.2) is 12.4 Å². The summed E-state index contributed by atoms with van der Waals surface area (Å²) < 4.78 is 64.3. The molecule has 22 heavy (non-hydrogen) atoms. The van der Waals surface area contributed by atoms with Crippen LogP contribution >= 0.6 is 0 Å². The number of rotatable bonds is 3. The van der Waals surface area contributed by atoms with Gasteiger partial charge in [0.05, 0.1) is 0 Å². The maximum absolute atomic E-state index is 12.6. The van der Waals surface area contributed by atoms with Crippen LogP contribution in [0.3, 0.4) is 0 Å². The number of anilines is 1. The van der Waals surface area contributed by atoms with E-state index in [1.54, 1.807) is 4.90 Å². The van der Waals surface area contributed by atoms with Crippen LogP contribution in [0.5, 0.6) is 0 Å². The van der Waals surface area contributed by atoms with Gasteiger partial charge in [0.15, 0.2) is 0 Å². The van der Waals surface area contributed by atoms with Gasteiger partial charge in [-0.3, -0.25) is 0 Å². The Morgan fingerprint density at radius 3 is 2.23 bits per heavy atom. The van der Waals surface area contributed by atoms with Crippen molar-refractivity contribution in [1.82, 2.24) is 18.6 Å². The van der Waals surface area contributed by atoms with Crippen molar-refractivity contribution in [3.63, 3.8) is 0 Å². The van der Waals surface area contributed by atoms with E-state index in [0.29, 0.717) is 0 Å². The van der Waals surface area contributed by atoms with Crippen molar-refractivity contribution in [3.05, 3.63) is 18.1 Å². The molecule has 1 aromatic heterocycles. The van der Waals surface area contributed by atoms with Crippen molar-refractivity contribution < 1.29 is 21.6 Å². The second-order valence-corrected chi connectivity index (χ2v) is 7.08. The first kappa shape index (κ1) is 16.9. The summed E-state index contributed by atoms with van der Waals surface area (Å²) in [5.41, 5.74) is -1.01. The van der Waals surface area contributed by atoms with E-state index >= 15 is 0 Å². The van der Waals surface area contributed by atoms with Gasteiger partial charge in [-0.05, 0) is 0 Å². The van der Waals surface area contributed by atoms with Gasteiger partial charge in [0.25, 0.3) is 10.2 Å². The molecule has 0 amide bonds. The van der Waals surface area contributed by atoms with E-state index in [2.05, 4.69) is 9.97 Å². The molecule has 0 atom stereocenters. The van der Waals surface area contributed by atoms with Gasteiger partial charge < -0.3 is 4.90 Å². The van der Waals surface area contributed by atoms with Crippen LogP contribution in [-0.2, 0) is 16.4 Å². The van der Waals surface area contributed by atoms with Crippen molar-refractivity contribution in [1.29, 1.82) is 0 Å². The monoisotopic (exact) mass is 339 g/mol. The first-order valence-electron chi connectivity index (χ1n) is 6.44. The Morgan fingerprint density at radius 1 is 1.14 bits per heavy atom. The Balaban J connectivity index is 2.10. The third-order valence-electron chi connectivity index (χ3n) is 3.29. The van der Waals surface area contributed by atoms with Crippen molar-refractivity contribution >= 4 is 16.0 Å². The molecular weight excluding hydrogens is 323 g/mol. The molecule has 2 heterocycles. The van der Waals surface area contributed by atoms with E-state index in [4.69, 9.17) is 0 Å². The van der Waals surface area contributed by atoms with Crippen LogP contribution in [0, 0.1) is 0 Å². The lowest BCUT2D eigenvalue weighted by molar-refractivity contribution is -0.141. The molecule has 2 rings (SSSR count). The number of piperazine rings is 1. The number of hydrogen-bond acceptors (Lipinski definition) is 5. The topological polar surface area (TPSA) is 69.6 Å². The molecule has 0 N–H and O–H groups in total. The maximum Gasteiger partial charge on any atom is 0.433 e. The molecule has 7 nitrogen and oxygen atoms in total. The molecule has 1 aromatic rings. The van der Waals surface area contributed by atoms with E-state index in [1.165, 1.54) is 18.4 Å². The van der Waals surface area contributed by atoms with Crippen molar-refractivity contribution in [3.8, 4) is 0 Å². The normalized spacial score (nSPS) is 18.0. The van der Waals surface area contributed by atoms with E-state index in [0.717, 1.165) is 16.7 Å². The zero-order chi connectivity index (χ0) is 16.5. The lowest BCUT2D eigenvalue weighted by atomic mass is 10.3. The summed E-state index contributed by atoms with van der Waals surface area (Å²) in [6, 6.07) is 0.871. The Kier molecular flexibility index (Phi) is 4.59. The fraction of sp³-hybridized carbons (Fsp3) is 0.636. The minimum atomic E-state index is -4.53. The zero-order valence-corrected chi connectivity index (χ0v) is 12.9. The van der Waals surface area contributed by atoms with Crippen molar-refractivity contribution in [2.24, 2.45) is 0 Å². The van der Waals surface area contributed by atoms with Crippen LogP contribution in [-0.4, -0.2) is 67.3 Å². The summed E-state index contributed by atoms with van der Waals surface area (Å²) in [6.45, 7) is 0.903. The van der Waals surface area contributed by atoms with Crippen LogP contribution in [0.1, 0.15) is 5.69 Å². The fourth-order valence-electron chi connectivity index (χ4n) is 2.05. The standard InChI is InChI=1S/C11H16F3N5O2S/c1-17(2)22(20,21)19-5-3-18(4-6-19)10-7-9(11(12,13)14)15-8-16-10/h7-8H,3-6H2,1-2H3. The Bertz CT molecular complexity index is 627. The van der Waals surface area contributed by atoms with Crippen LogP contribution in [0.4, 0.5) is 19.0 Å². The number of aromatic nitrogens is 2. The minimum absolute atomic E-state index is 0.143. The molecule has 0 aliphatic carbocycles. The average molecular weight is 339 g/mol. The molecule has 0 saturated carbocycles. The average Bonchev–Trinajstić information content (AvgIpc) is 2.46. The lowest BCUT2D eigenvalue weighted by Crippen LogP contribution is -2.51. The molecular formula is C11H16F3N5O2S. The third-order valence-corrected chi connectivity index (χ3v) is 5.23. The van der Waals surface area contributed by atoms with Gasteiger partial charge in [-0.1, -0.05) is 0 Å². The van der Waals surface area contributed by atoms with Crippen LogP contribution in [0.2, 0.25) is 0 Å².